The number of carboxylic acid groups (broad SMARTS) is 1. The SMILES string of the molecule is CC(=O)O[C@H]1C(=O)[C@@]2(C)C([C@H](OC(=O)c3ccccc3)[C@]3(O)C[C@H](OC(=O)C(OC(=O)CCC(=O)[O-])C(NC(=O)c4ccccc4)c4ccccc4)C(C)=C1C3(C)C)[C@]1(OC(C)=O)CO[C@@H]1C[C@@H]2O.CCCCCCCC/C=C\CCCCCCCC(=O)OCC(C[N+](C)(C)C)OC(=O)CCCCCCC/C=C\CCCCCCCC. The van der Waals surface area contributed by atoms with Gasteiger partial charge in [0.2, 0.25) is 6.10 Å². The number of rotatable bonds is 49. The second-order valence-electron chi connectivity index (χ2n) is 33.6. The molecule has 3 aliphatic carbocycles. The molecule has 3 aromatic carbocycles. The van der Waals surface area contributed by atoms with E-state index in [2.05, 4.69) is 64.6 Å². The van der Waals surface area contributed by atoms with Crippen LogP contribution in [0.15, 0.2) is 126 Å². The van der Waals surface area contributed by atoms with Crippen LogP contribution in [0.1, 0.15) is 293 Å². The molecular formula is C93H134N2O21. The quantitative estimate of drug-likeness (QED) is 0.0155. The number of carboxylic acids is 1. The predicted molar refractivity (Wildman–Crippen MR) is 438 cm³/mol. The van der Waals surface area contributed by atoms with Crippen LogP contribution in [0.4, 0.5) is 0 Å². The molecule has 23 heteroatoms. The number of esters is 7. The summed E-state index contributed by atoms with van der Waals surface area (Å²) in [5.74, 6) is -10.5. The van der Waals surface area contributed by atoms with Crippen LogP contribution in [0.5, 0.6) is 0 Å². The second kappa shape index (κ2) is 48.5. The Morgan fingerprint density at radius 3 is 1.57 bits per heavy atom. The van der Waals surface area contributed by atoms with Gasteiger partial charge in [-0.15, -0.1) is 0 Å². The minimum absolute atomic E-state index is 0.0182. The lowest BCUT2D eigenvalue weighted by Crippen LogP contribution is -2.82. The largest absolute Gasteiger partial charge is 0.550 e. The third-order valence-electron chi connectivity index (χ3n) is 23.0. The zero-order valence-corrected chi connectivity index (χ0v) is 71.0. The molecule has 4 aliphatic rings. The molecule has 12 atom stereocenters. The Kier molecular flexibility index (Phi) is 40.3. The van der Waals surface area contributed by atoms with Gasteiger partial charge >= 0.3 is 41.8 Å². The Balaban J connectivity index is 0.000000391. The Labute approximate surface area is 688 Å². The standard InChI is InChI=1S/C51H55NO17.C42H80NO4/c1-27-33(66-47(62)41(67-37(58)23-22-36(56)57)39(30-16-10-7-11-17-30)52-45(60)31-18-12-8-13-19-31)25-51(63)44(68-46(61)32-20-14-9-15-21-32)42-49(6,34(55)24-35-50(42,26-64-35)69-29(3)54)43(59)40(65-28(2)53)38(27)48(51,4)5;1-6-8-10-12-14-16-18-20-22-24-26-28-30-32-34-36-41(44)46-39-40(38-43(3,4)5)47-42(45)37-35-33-31-29-27-25-23-21-19-17-15-13-11-9-7-2/h7-21,33-35,39-42,44,55,63H,22-26H2,1-6H3,(H,52,60)(H,56,57);20-23,40H,6-19,24-39H2,1-5H3/q;+1/p-1/b;22-20-,23-21-/t33-,34-,35+,39?,40+,41?,42?,44-,49+,50-,51+;/m0./s1. The number of amides is 1. The molecule has 1 saturated heterocycles. The number of hydrogen-bond acceptors (Lipinski definition) is 21. The average Bonchev–Trinajstić information content (AvgIpc) is 0.668. The fraction of sp³-hybridized carbons (Fsp3) is 0.634. The van der Waals surface area contributed by atoms with Crippen LogP contribution < -0.4 is 10.4 Å². The average molecular weight is 1620 g/mol. The number of nitrogens with one attached hydrogen (secondary N) is 1. The second-order valence-corrected chi connectivity index (χ2v) is 33.6. The van der Waals surface area contributed by atoms with Crippen LogP contribution in [0, 0.1) is 16.7 Å². The van der Waals surface area contributed by atoms with E-state index in [1.54, 1.807) is 54.6 Å². The molecule has 3 aromatic rings. The summed E-state index contributed by atoms with van der Waals surface area (Å²) in [7, 11) is 6.20. The molecule has 1 heterocycles. The third kappa shape index (κ3) is 29.0. The van der Waals surface area contributed by atoms with Crippen molar-refractivity contribution in [3.05, 3.63) is 143 Å². The number of aliphatic hydroxyl groups excluding tert-OH is 1. The molecule has 2 saturated carbocycles. The number of unbranched alkanes of at least 4 members (excludes halogenated alkanes) is 22. The summed E-state index contributed by atoms with van der Waals surface area (Å²) < 4.78 is 48.2. The number of hydrogen-bond donors (Lipinski definition) is 3. The summed E-state index contributed by atoms with van der Waals surface area (Å²) in [5, 5.41) is 40.2. The maximum absolute atomic E-state index is 15.7. The van der Waals surface area contributed by atoms with Crippen molar-refractivity contribution in [3.63, 3.8) is 0 Å². The molecular weight excluding hydrogens is 1480 g/mol. The van der Waals surface area contributed by atoms with E-state index >= 15 is 9.59 Å². The van der Waals surface area contributed by atoms with Gasteiger partial charge in [-0.3, -0.25) is 33.6 Å². The number of ketones is 1. The van der Waals surface area contributed by atoms with Crippen LogP contribution in [-0.2, 0) is 76.3 Å². The summed E-state index contributed by atoms with van der Waals surface area (Å²) in [4.78, 5) is 135. The van der Waals surface area contributed by atoms with Gasteiger partial charge in [0.15, 0.2) is 23.6 Å². The van der Waals surface area contributed by atoms with Crippen molar-refractivity contribution >= 4 is 59.4 Å². The Bertz CT molecular complexity index is 3700. The molecule has 0 radical (unpaired) electrons. The fourth-order valence-electron chi connectivity index (χ4n) is 16.6. The van der Waals surface area contributed by atoms with E-state index < -0.39 is 143 Å². The van der Waals surface area contributed by atoms with E-state index in [4.69, 9.17) is 37.9 Å². The number of ether oxygens (including phenoxy) is 8. The molecule has 3 fully saturated rings. The van der Waals surface area contributed by atoms with Crippen LogP contribution in [-0.4, -0.2) is 169 Å². The van der Waals surface area contributed by atoms with Crippen molar-refractivity contribution in [2.24, 2.45) is 16.7 Å². The molecule has 3 N–H and O–H groups in total. The first-order valence-electron chi connectivity index (χ1n) is 42.7. The lowest BCUT2D eigenvalue weighted by molar-refractivity contribution is -0.873. The lowest BCUT2D eigenvalue weighted by Gasteiger charge is -2.67. The number of allylic oxidation sites excluding steroid dienone is 4. The molecule has 642 valence electrons. The first-order chi connectivity index (χ1) is 55.3. The summed E-state index contributed by atoms with van der Waals surface area (Å²) in [6.07, 6.45) is 29.4. The molecule has 0 aromatic heterocycles. The summed E-state index contributed by atoms with van der Waals surface area (Å²) in [5.41, 5.74) is -7.83. The zero-order valence-electron chi connectivity index (χ0n) is 71.0. The van der Waals surface area contributed by atoms with E-state index in [0.717, 1.165) is 52.4 Å². The van der Waals surface area contributed by atoms with Crippen LogP contribution in [0.3, 0.4) is 0 Å². The van der Waals surface area contributed by atoms with Crippen molar-refractivity contribution in [1.82, 2.24) is 5.32 Å². The monoisotopic (exact) mass is 1610 g/mol. The van der Waals surface area contributed by atoms with Crippen molar-refractivity contribution in [2.75, 3.05) is 40.9 Å². The number of carbonyl (C=O) groups excluding carboxylic acids is 10. The zero-order chi connectivity index (χ0) is 84.9. The van der Waals surface area contributed by atoms with E-state index in [9.17, 15) is 53.7 Å². The van der Waals surface area contributed by atoms with E-state index in [1.807, 2.05) is 0 Å². The fourth-order valence-corrected chi connectivity index (χ4v) is 16.6. The van der Waals surface area contributed by atoms with Gasteiger partial charge in [-0.2, -0.15) is 0 Å². The summed E-state index contributed by atoms with van der Waals surface area (Å²) in [6, 6.07) is 22.0. The van der Waals surface area contributed by atoms with Crippen LogP contribution in [0.25, 0.3) is 0 Å². The highest BCUT2D eigenvalue weighted by atomic mass is 16.6. The molecule has 23 nitrogen and oxygen atoms in total. The maximum atomic E-state index is 15.7. The summed E-state index contributed by atoms with van der Waals surface area (Å²) >= 11 is 0. The minimum Gasteiger partial charge on any atom is -0.550 e. The van der Waals surface area contributed by atoms with Crippen molar-refractivity contribution in [1.29, 1.82) is 0 Å². The van der Waals surface area contributed by atoms with Crippen molar-refractivity contribution in [2.45, 2.75) is 321 Å². The van der Waals surface area contributed by atoms with Gasteiger partial charge in [-0.1, -0.05) is 221 Å². The number of benzene rings is 3. The Hall–Kier alpha value is -8.38. The third-order valence-corrected chi connectivity index (χ3v) is 23.0. The maximum Gasteiger partial charge on any atom is 0.350 e. The smallest absolute Gasteiger partial charge is 0.350 e. The number of aliphatic hydroxyl groups is 2. The van der Waals surface area contributed by atoms with Gasteiger partial charge in [0.1, 0.15) is 43.1 Å². The minimum atomic E-state index is -2.51. The van der Waals surface area contributed by atoms with Crippen molar-refractivity contribution in [3.8, 4) is 0 Å². The molecule has 7 rings (SSSR count). The van der Waals surface area contributed by atoms with Gasteiger partial charge in [-0.05, 0) is 125 Å². The molecule has 4 unspecified atom stereocenters. The predicted octanol–water partition coefficient (Wildman–Crippen LogP) is 15.0. The molecule has 0 spiro atoms. The summed E-state index contributed by atoms with van der Waals surface area (Å²) in [6.45, 7) is 13.0. The number of fused-ring (bicyclic) bond motifs is 5. The number of quaternary nitrogens is 1. The highest BCUT2D eigenvalue weighted by molar-refractivity contribution is 5.96. The first-order valence-corrected chi connectivity index (χ1v) is 42.7. The number of nitrogens with zero attached hydrogens (tertiary/aromatic N) is 1. The van der Waals surface area contributed by atoms with Gasteiger partial charge in [0.25, 0.3) is 5.91 Å². The van der Waals surface area contributed by atoms with Gasteiger partial charge in [-0.25, -0.2) is 9.59 Å². The first kappa shape index (κ1) is 96.5. The van der Waals surface area contributed by atoms with Gasteiger partial charge < -0.3 is 67.8 Å². The molecule has 116 heavy (non-hydrogen) atoms. The van der Waals surface area contributed by atoms with E-state index in [-0.39, 0.29) is 59.4 Å². The van der Waals surface area contributed by atoms with Crippen LogP contribution >= 0.6 is 0 Å². The van der Waals surface area contributed by atoms with E-state index in [1.165, 1.54) is 193 Å². The molecule has 2 bridgehead atoms. The Morgan fingerprint density at radius 2 is 1.09 bits per heavy atom. The highest BCUT2D eigenvalue weighted by Crippen LogP contribution is 2.64. The Morgan fingerprint density at radius 1 is 0.603 bits per heavy atom. The topological polar surface area (TPSA) is 320 Å². The number of likely N-dealkylation sites (N-methyl/N-ethyl adjacent to an activating group) is 1. The molecule has 1 amide bonds. The molecule has 1 aliphatic heterocycles. The highest BCUT2D eigenvalue weighted by Gasteiger charge is 2.78. The number of Topliss-reactive ketones (excluding diaryl/α,β-unsaturated/α-hetero) is 1. The van der Waals surface area contributed by atoms with E-state index in [0.29, 0.717) is 23.9 Å². The van der Waals surface area contributed by atoms with Gasteiger partial charge in [0.05, 0.1) is 57.2 Å². The van der Waals surface area contributed by atoms with Gasteiger partial charge in [0, 0.05) is 56.5 Å². The number of aliphatic carboxylic acids is 1. The normalized spacial score (nSPS) is 22.8. The lowest BCUT2D eigenvalue weighted by atomic mass is 9.44. The van der Waals surface area contributed by atoms with Crippen molar-refractivity contribution < 1.29 is 106 Å². The van der Waals surface area contributed by atoms with Crippen LogP contribution in [0.2, 0.25) is 0 Å². The number of carbonyl (C=O) groups is 10.